The number of hydrogen-bond acceptors (Lipinski definition) is 7. The van der Waals surface area contributed by atoms with Crippen LogP contribution in [-0.2, 0) is 9.53 Å². The molecule has 9 nitrogen and oxygen atoms in total. The maximum atomic E-state index is 12.6. The third-order valence-corrected chi connectivity index (χ3v) is 4.85. The standard InChI is InChI=1S/C21H20BrN3O6/c1-4-30-17-10-13(9-15(22)18(17)31-12(2)20(27)29-3)11-23-25-19(26)14-7-5-6-8-16(14)24-21(25)28/h5-12H,4H2,1-3H3,(H,24,28)/t12-/m1/s1. The minimum Gasteiger partial charge on any atom is -0.490 e. The Labute approximate surface area is 185 Å². The number of H-pyrrole nitrogens is 1. The maximum Gasteiger partial charge on any atom is 0.349 e. The van der Waals surface area contributed by atoms with E-state index in [0.29, 0.717) is 39.0 Å². The number of ether oxygens (including phenoxy) is 3. The SMILES string of the molecule is CCOc1cc(C=Nn2c(=O)[nH]c3ccccc3c2=O)cc(Br)c1O[C@H](C)C(=O)OC. The number of aromatic nitrogens is 2. The molecule has 0 fully saturated rings. The number of esters is 1. The monoisotopic (exact) mass is 489 g/mol. The number of hydrogen-bond donors (Lipinski definition) is 1. The molecule has 0 bridgehead atoms. The Morgan fingerprint density at radius 3 is 2.74 bits per heavy atom. The number of halogens is 1. The fourth-order valence-corrected chi connectivity index (χ4v) is 3.37. The number of para-hydroxylation sites is 1. The smallest absolute Gasteiger partial charge is 0.349 e. The van der Waals surface area contributed by atoms with Crippen molar-refractivity contribution in [3.63, 3.8) is 0 Å². The molecule has 0 amide bonds. The molecule has 0 aliphatic rings. The van der Waals surface area contributed by atoms with Crippen molar-refractivity contribution < 1.29 is 19.0 Å². The Morgan fingerprint density at radius 1 is 1.29 bits per heavy atom. The lowest BCUT2D eigenvalue weighted by Crippen LogP contribution is -2.32. The zero-order valence-electron chi connectivity index (χ0n) is 17.0. The number of carbonyl (C=O) groups is 1. The molecule has 3 aromatic rings. The van der Waals surface area contributed by atoms with Crippen LogP contribution in [0.25, 0.3) is 10.9 Å². The van der Waals surface area contributed by atoms with Crippen LogP contribution in [0.1, 0.15) is 19.4 Å². The molecule has 0 aliphatic carbocycles. The van der Waals surface area contributed by atoms with Gasteiger partial charge in [-0.15, -0.1) is 4.68 Å². The van der Waals surface area contributed by atoms with E-state index in [1.165, 1.54) is 13.3 Å². The molecule has 0 spiro atoms. The minimum atomic E-state index is -0.852. The summed E-state index contributed by atoms with van der Waals surface area (Å²) >= 11 is 3.40. The Kier molecular flexibility index (Phi) is 6.91. The highest BCUT2D eigenvalue weighted by atomic mass is 79.9. The second-order valence-electron chi connectivity index (χ2n) is 6.38. The molecule has 162 valence electrons. The Balaban J connectivity index is 2.00. The van der Waals surface area contributed by atoms with Crippen molar-refractivity contribution in [2.45, 2.75) is 20.0 Å². The van der Waals surface area contributed by atoms with E-state index < -0.39 is 23.3 Å². The Morgan fingerprint density at radius 2 is 2.03 bits per heavy atom. The van der Waals surface area contributed by atoms with E-state index in [0.717, 1.165) is 4.68 Å². The molecule has 1 N–H and O–H groups in total. The lowest BCUT2D eigenvalue weighted by atomic mass is 10.2. The minimum absolute atomic E-state index is 0.317. The van der Waals surface area contributed by atoms with Gasteiger partial charge in [-0.2, -0.15) is 5.10 Å². The van der Waals surface area contributed by atoms with Crippen molar-refractivity contribution in [2.24, 2.45) is 5.10 Å². The van der Waals surface area contributed by atoms with E-state index in [1.54, 1.807) is 50.2 Å². The molecule has 1 aromatic heterocycles. The van der Waals surface area contributed by atoms with Gasteiger partial charge in [0.15, 0.2) is 17.6 Å². The van der Waals surface area contributed by atoms with Gasteiger partial charge in [-0.1, -0.05) is 12.1 Å². The zero-order chi connectivity index (χ0) is 22.5. The van der Waals surface area contributed by atoms with Crippen LogP contribution in [0.2, 0.25) is 0 Å². The maximum absolute atomic E-state index is 12.6. The van der Waals surface area contributed by atoms with Crippen molar-refractivity contribution in [2.75, 3.05) is 13.7 Å². The topological polar surface area (TPSA) is 112 Å². The Hall–Kier alpha value is -3.40. The van der Waals surface area contributed by atoms with E-state index in [1.807, 2.05) is 0 Å². The average molecular weight is 490 g/mol. The number of benzene rings is 2. The summed E-state index contributed by atoms with van der Waals surface area (Å²) in [4.78, 5) is 39.2. The molecular formula is C21H20BrN3O6. The van der Waals surface area contributed by atoms with Crippen LogP contribution in [0, 0.1) is 0 Å². The predicted molar refractivity (Wildman–Crippen MR) is 119 cm³/mol. The molecule has 31 heavy (non-hydrogen) atoms. The molecular weight excluding hydrogens is 470 g/mol. The second kappa shape index (κ2) is 9.61. The van der Waals surface area contributed by atoms with Crippen LogP contribution in [0.15, 0.2) is 55.6 Å². The highest BCUT2D eigenvalue weighted by molar-refractivity contribution is 9.10. The summed E-state index contributed by atoms with van der Waals surface area (Å²) in [5, 5.41) is 4.39. The van der Waals surface area contributed by atoms with Crippen molar-refractivity contribution in [1.82, 2.24) is 9.66 Å². The van der Waals surface area contributed by atoms with Crippen LogP contribution in [0.5, 0.6) is 11.5 Å². The van der Waals surface area contributed by atoms with Gasteiger partial charge in [0, 0.05) is 0 Å². The summed E-state index contributed by atoms with van der Waals surface area (Å²) < 4.78 is 17.2. The van der Waals surface area contributed by atoms with Crippen molar-refractivity contribution in [3.05, 3.63) is 67.3 Å². The van der Waals surface area contributed by atoms with E-state index in [4.69, 9.17) is 9.47 Å². The first-order valence-corrected chi connectivity index (χ1v) is 10.1. The van der Waals surface area contributed by atoms with Crippen molar-refractivity contribution >= 4 is 39.0 Å². The third-order valence-electron chi connectivity index (χ3n) is 4.27. The lowest BCUT2D eigenvalue weighted by Gasteiger charge is -2.17. The van der Waals surface area contributed by atoms with Gasteiger partial charge in [-0.25, -0.2) is 9.59 Å². The highest BCUT2D eigenvalue weighted by Gasteiger charge is 2.20. The fraction of sp³-hybridized carbons (Fsp3) is 0.238. The quantitative estimate of drug-likeness (QED) is 0.403. The highest BCUT2D eigenvalue weighted by Crippen LogP contribution is 2.37. The van der Waals surface area contributed by atoms with Gasteiger partial charge in [-0.05, 0) is 59.6 Å². The van der Waals surface area contributed by atoms with Gasteiger partial charge >= 0.3 is 11.7 Å². The molecule has 0 saturated heterocycles. The number of carbonyl (C=O) groups excluding carboxylic acids is 1. The Bertz CT molecular complexity index is 1260. The number of methoxy groups -OCH3 is 1. The summed E-state index contributed by atoms with van der Waals surface area (Å²) in [5.74, 6) is 0.140. The summed E-state index contributed by atoms with van der Waals surface area (Å²) in [7, 11) is 1.27. The first-order chi connectivity index (χ1) is 14.8. The second-order valence-corrected chi connectivity index (χ2v) is 7.24. The van der Waals surface area contributed by atoms with Gasteiger partial charge in [0.1, 0.15) is 0 Å². The molecule has 1 heterocycles. The number of nitrogens with one attached hydrogen (secondary N) is 1. The van der Waals surface area contributed by atoms with Crippen LogP contribution in [-0.4, -0.2) is 41.7 Å². The summed E-state index contributed by atoms with van der Waals surface area (Å²) in [5.41, 5.74) is -0.220. The molecule has 1 atom stereocenters. The summed E-state index contributed by atoms with van der Waals surface area (Å²) in [6.07, 6.45) is 0.501. The van der Waals surface area contributed by atoms with Gasteiger partial charge in [0.05, 0.1) is 35.3 Å². The van der Waals surface area contributed by atoms with Crippen LogP contribution in [0.3, 0.4) is 0 Å². The largest absolute Gasteiger partial charge is 0.490 e. The van der Waals surface area contributed by atoms with Gasteiger partial charge in [-0.3, -0.25) is 4.79 Å². The first kappa shape index (κ1) is 22.3. The summed E-state index contributed by atoms with van der Waals surface area (Å²) in [6.45, 7) is 3.71. The van der Waals surface area contributed by atoms with E-state index >= 15 is 0 Å². The normalized spacial score (nSPS) is 12.1. The van der Waals surface area contributed by atoms with E-state index in [9.17, 15) is 14.4 Å². The third kappa shape index (κ3) is 4.85. The zero-order valence-corrected chi connectivity index (χ0v) is 18.6. The molecule has 0 aliphatic heterocycles. The predicted octanol–water partition coefficient (Wildman–Crippen LogP) is 2.67. The number of fused-ring (bicyclic) bond motifs is 1. The van der Waals surface area contributed by atoms with E-state index in [-0.39, 0.29) is 0 Å². The van der Waals surface area contributed by atoms with Gasteiger partial charge < -0.3 is 19.2 Å². The van der Waals surface area contributed by atoms with Crippen molar-refractivity contribution in [1.29, 1.82) is 0 Å². The average Bonchev–Trinajstić information content (AvgIpc) is 2.75. The molecule has 3 rings (SSSR count). The van der Waals surface area contributed by atoms with Gasteiger partial charge in [0.2, 0.25) is 0 Å². The molecule has 0 radical (unpaired) electrons. The van der Waals surface area contributed by atoms with Gasteiger partial charge in [0.25, 0.3) is 5.56 Å². The van der Waals surface area contributed by atoms with Crippen LogP contribution >= 0.6 is 15.9 Å². The fourth-order valence-electron chi connectivity index (χ4n) is 2.81. The van der Waals surface area contributed by atoms with Crippen LogP contribution in [0.4, 0.5) is 0 Å². The van der Waals surface area contributed by atoms with Crippen molar-refractivity contribution in [3.8, 4) is 11.5 Å². The lowest BCUT2D eigenvalue weighted by molar-refractivity contribution is -0.147. The number of rotatable bonds is 7. The summed E-state index contributed by atoms with van der Waals surface area (Å²) in [6, 6.07) is 9.96. The number of aromatic amines is 1. The molecule has 0 unspecified atom stereocenters. The number of nitrogens with zero attached hydrogens (tertiary/aromatic N) is 2. The molecule has 2 aromatic carbocycles. The van der Waals surface area contributed by atoms with Crippen LogP contribution < -0.4 is 20.7 Å². The molecule has 0 saturated carbocycles. The molecule has 10 heteroatoms. The first-order valence-electron chi connectivity index (χ1n) is 9.35. The van der Waals surface area contributed by atoms with E-state index in [2.05, 4.69) is 30.8 Å².